The number of hydrogen-bond donors (Lipinski definition) is 1. The van der Waals surface area contributed by atoms with Gasteiger partial charge in [0.25, 0.3) is 0 Å². The van der Waals surface area contributed by atoms with Crippen molar-refractivity contribution in [2.75, 3.05) is 0 Å². The zero-order chi connectivity index (χ0) is 12.2. The van der Waals surface area contributed by atoms with E-state index in [2.05, 4.69) is 17.3 Å². The second kappa shape index (κ2) is 4.58. The fraction of sp³-hybridized carbons (Fsp3) is 0.692. The van der Waals surface area contributed by atoms with Crippen LogP contribution in [0, 0.1) is 29.1 Å². The van der Waals surface area contributed by atoms with Gasteiger partial charge in [0, 0.05) is 0 Å². The minimum Gasteiger partial charge on any atom is -0.339 e. The average molecular weight is 218 g/mol. The van der Waals surface area contributed by atoms with E-state index < -0.39 is 11.0 Å². The molecule has 0 atom stereocenters. The van der Waals surface area contributed by atoms with Crippen molar-refractivity contribution >= 4 is 5.91 Å². The van der Waals surface area contributed by atoms with Gasteiger partial charge in [-0.25, -0.2) is 0 Å². The first-order chi connectivity index (χ1) is 7.46. The van der Waals surface area contributed by atoms with E-state index >= 15 is 0 Å². The molecule has 1 fully saturated rings. The Morgan fingerprint density at radius 3 is 2.38 bits per heavy atom. The van der Waals surface area contributed by atoms with Crippen molar-refractivity contribution in [1.82, 2.24) is 5.32 Å². The minimum atomic E-state index is -0.855. The molecule has 1 amide bonds. The van der Waals surface area contributed by atoms with Crippen LogP contribution in [0.25, 0.3) is 0 Å². The van der Waals surface area contributed by atoms with Crippen LogP contribution in [-0.4, -0.2) is 11.4 Å². The van der Waals surface area contributed by atoms with Gasteiger partial charge in [0.15, 0.2) is 0 Å². The Labute approximate surface area is 97.2 Å². The van der Waals surface area contributed by atoms with Crippen molar-refractivity contribution in [2.45, 2.75) is 51.5 Å². The van der Waals surface area contributed by atoms with Crippen molar-refractivity contribution in [1.29, 1.82) is 5.26 Å². The molecule has 0 spiro atoms. The summed E-state index contributed by atoms with van der Waals surface area (Å²) in [5.74, 6) is 2.30. The fourth-order valence-electron chi connectivity index (χ4n) is 1.98. The molecule has 1 aliphatic carbocycles. The molecule has 0 aromatic rings. The number of nitriles is 1. The minimum absolute atomic E-state index is 0.211. The SMILES string of the molecule is C#CC(C)(C)NC(=O)C1(C#N)CCCCC1. The van der Waals surface area contributed by atoms with Gasteiger partial charge < -0.3 is 5.32 Å². The molecule has 0 aliphatic heterocycles. The van der Waals surface area contributed by atoms with Gasteiger partial charge in [0.2, 0.25) is 5.91 Å². The van der Waals surface area contributed by atoms with E-state index in [-0.39, 0.29) is 5.91 Å². The molecule has 0 heterocycles. The zero-order valence-electron chi connectivity index (χ0n) is 9.97. The van der Waals surface area contributed by atoms with Gasteiger partial charge in [-0.2, -0.15) is 5.26 Å². The molecule has 3 heteroatoms. The second-order valence-electron chi connectivity index (χ2n) is 4.98. The van der Waals surface area contributed by atoms with E-state index in [4.69, 9.17) is 6.42 Å². The largest absolute Gasteiger partial charge is 0.339 e. The summed E-state index contributed by atoms with van der Waals surface area (Å²) in [6.07, 6.45) is 9.61. The lowest BCUT2D eigenvalue weighted by atomic mass is 9.74. The normalized spacial score (nSPS) is 19.2. The highest BCUT2D eigenvalue weighted by Gasteiger charge is 2.41. The Hall–Kier alpha value is -1.48. The Balaban J connectivity index is 2.79. The lowest BCUT2D eigenvalue weighted by Crippen LogP contribution is -2.50. The number of hydrogen-bond acceptors (Lipinski definition) is 2. The molecule has 1 N–H and O–H groups in total. The summed E-state index contributed by atoms with van der Waals surface area (Å²) in [5.41, 5.74) is -1.54. The van der Waals surface area contributed by atoms with Gasteiger partial charge in [-0.3, -0.25) is 4.79 Å². The topological polar surface area (TPSA) is 52.9 Å². The average Bonchev–Trinajstić information content (AvgIpc) is 2.29. The molecule has 1 rings (SSSR count). The number of nitrogens with one attached hydrogen (secondary N) is 1. The third-order valence-corrected chi connectivity index (χ3v) is 3.14. The summed E-state index contributed by atoms with van der Waals surface area (Å²) in [4.78, 5) is 12.1. The van der Waals surface area contributed by atoms with Gasteiger partial charge in [-0.1, -0.05) is 25.2 Å². The van der Waals surface area contributed by atoms with Crippen molar-refractivity contribution in [3.63, 3.8) is 0 Å². The Kier molecular flexibility index (Phi) is 3.60. The molecule has 0 aromatic carbocycles. The van der Waals surface area contributed by atoms with E-state index in [1.165, 1.54) is 0 Å². The molecule has 0 unspecified atom stereocenters. The van der Waals surface area contributed by atoms with E-state index in [1.807, 2.05) is 0 Å². The maximum atomic E-state index is 12.1. The van der Waals surface area contributed by atoms with E-state index in [1.54, 1.807) is 13.8 Å². The van der Waals surface area contributed by atoms with Crippen molar-refractivity contribution in [3.8, 4) is 18.4 Å². The van der Waals surface area contributed by atoms with Crippen LogP contribution in [0.1, 0.15) is 46.0 Å². The molecule has 86 valence electrons. The van der Waals surface area contributed by atoms with Crippen LogP contribution in [0.2, 0.25) is 0 Å². The number of rotatable bonds is 2. The summed E-state index contributed by atoms with van der Waals surface area (Å²) < 4.78 is 0. The molecular weight excluding hydrogens is 200 g/mol. The zero-order valence-corrected chi connectivity index (χ0v) is 9.97. The number of terminal acetylenes is 1. The quantitative estimate of drug-likeness (QED) is 0.721. The first kappa shape index (κ1) is 12.6. The molecule has 0 bridgehead atoms. The summed E-state index contributed by atoms with van der Waals surface area (Å²) in [6, 6.07) is 2.18. The smallest absolute Gasteiger partial charge is 0.241 e. The van der Waals surface area contributed by atoms with Gasteiger partial charge in [0.05, 0.1) is 11.6 Å². The predicted octanol–water partition coefficient (Wildman–Crippen LogP) is 1.99. The standard InChI is InChI=1S/C13H18N2O/c1-4-12(2,3)15-11(16)13(10-14)8-6-5-7-9-13/h1H,5-9H2,2-3H3,(H,15,16). The Morgan fingerprint density at radius 2 is 1.94 bits per heavy atom. The van der Waals surface area contributed by atoms with Gasteiger partial charge in [0.1, 0.15) is 5.41 Å². The molecule has 16 heavy (non-hydrogen) atoms. The Bertz CT molecular complexity index is 351. The molecule has 1 saturated carbocycles. The number of carbonyl (C=O) groups is 1. The predicted molar refractivity (Wildman–Crippen MR) is 62.2 cm³/mol. The fourth-order valence-corrected chi connectivity index (χ4v) is 1.98. The van der Waals surface area contributed by atoms with Crippen LogP contribution in [0.5, 0.6) is 0 Å². The van der Waals surface area contributed by atoms with Crippen molar-refractivity contribution in [2.24, 2.45) is 5.41 Å². The monoisotopic (exact) mass is 218 g/mol. The summed E-state index contributed by atoms with van der Waals surface area (Å²) >= 11 is 0. The first-order valence-corrected chi connectivity index (χ1v) is 5.67. The van der Waals surface area contributed by atoms with Crippen molar-refractivity contribution < 1.29 is 4.79 Å². The number of amides is 1. The second-order valence-corrected chi connectivity index (χ2v) is 4.98. The lowest BCUT2D eigenvalue weighted by Gasteiger charge is -2.32. The molecule has 0 radical (unpaired) electrons. The summed E-state index contributed by atoms with van der Waals surface area (Å²) in [5, 5.41) is 12.0. The first-order valence-electron chi connectivity index (χ1n) is 5.67. The maximum Gasteiger partial charge on any atom is 0.241 e. The highest BCUT2D eigenvalue weighted by Crippen LogP contribution is 2.36. The highest BCUT2D eigenvalue weighted by atomic mass is 16.2. The van der Waals surface area contributed by atoms with Crippen LogP contribution in [-0.2, 0) is 4.79 Å². The highest BCUT2D eigenvalue weighted by molar-refractivity contribution is 5.86. The third kappa shape index (κ3) is 2.55. The van der Waals surface area contributed by atoms with E-state index in [0.29, 0.717) is 12.8 Å². The van der Waals surface area contributed by atoms with Gasteiger partial charge >= 0.3 is 0 Å². The van der Waals surface area contributed by atoms with Crippen LogP contribution < -0.4 is 5.32 Å². The molecular formula is C13H18N2O. The molecule has 3 nitrogen and oxygen atoms in total. The van der Waals surface area contributed by atoms with Crippen LogP contribution in [0.15, 0.2) is 0 Å². The maximum absolute atomic E-state index is 12.1. The van der Waals surface area contributed by atoms with Crippen LogP contribution in [0.4, 0.5) is 0 Å². The van der Waals surface area contributed by atoms with Gasteiger partial charge in [-0.05, 0) is 26.7 Å². The lowest BCUT2D eigenvalue weighted by molar-refractivity contribution is -0.130. The Morgan fingerprint density at radius 1 is 1.38 bits per heavy atom. The molecule has 1 aliphatic rings. The van der Waals surface area contributed by atoms with E-state index in [0.717, 1.165) is 19.3 Å². The summed E-state index contributed by atoms with van der Waals surface area (Å²) in [6.45, 7) is 3.53. The van der Waals surface area contributed by atoms with E-state index in [9.17, 15) is 10.1 Å². The number of nitrogens with zero attached hydrogens (tertiary/aromatic N) is 1. The third-order valence-electron chi connectivity index (χ3n) is 3.14. The van der Waals surface area contributed by atoms with Crippen LogP contribution in [0.3, 0.4) is 0 Å². The van der Waals surface area contributed by atoms with Gasteiger partial charge in [-0.15, -0.1) is 6.42 Å². The van der Waals surface area contributed by atoms with Crippen LogP contribution >= 0.6 is 0 Å². The summed E-state index contributed by atoms with van der Waals surface area (Å²) in [7, 11) is 0. The molecule has 0 saturated heterocycles. The number of carbonyl (C=O) groups excluding carboxylic acids is 1. The van der Waals surface area contributed by atoms with Crippen molar-refractivity contribution in [3.05, 3.63) is 0 Å². The molecule has 0 aromatic heterocycles.